The topological polar surface area (TPSA) is 67.6 Å². The maximum absolute atomic E-state index is 9.14. The number of hydrogen-bond acceptors (Lipinski definition) is 4. The van der Waals surface area contributed by atoms with Crippen molar-refractivity contribution >= 4 is 17.4 Å². The molecule has 0 radical (unpaired) electrons. The second kappa shape index (κ2) is 6.64. The molecule has 23 heavy (non-hydrogen) atoms. The average molecular weight is 325 g/mol. The Morgan fingerprint density at radius 1 is 1.17 bits per heavy atom. The lowest BCUT2D eigenvalue weighted by Crippen LogP contribution is -2.37. The van der Waals surface area contributed by atoms with Crippen LogP contribution in [0.3, 0.4) is 0 Å². The van der Waals surface area contributed by atoms with E-state index in [0.717, 1.165) is 37.3 Å². The molecular formula is C17H15ClN5+. The maximum atomic E-state index is 9.14. The Kier molecular flexibility index (Phi) is 4.41. The van der Waals surface area contributed by atoms with Gasteiger partial charge < -0.3 is 4.90 Å². The standard InChI is InChI=1S/C17H15ClN5/c18-16-4-3-13(8-19)11-23(16)12-15-7-14(9-20)10-21-17(15)22-5-1-2-6-22/h3-4,7,10-11H,1-2,5-6,12H2/q+1. The molecule has 3 heterocycles. The molecule has 2 aromatic heterocycles. The summed E-state index contributed by atoms with van der Waals surface area (Å²) in [5.74, 6) is 0.896. The quantitative estimate of drug-likeness (QED) is 0.642. The Hall–Kier alpha value is -2.63. The average Bonchev–Trinajstić information content (AvgIpc) is 3.11. The molecular weight excluding hydrogens is 310 g/mol. The molecule has 2 aromatic rings. The van der Waals surface area contributed by atoms with Crippen LogP contribution < -0.4 is 9.47 Å². The minimum absolute atomic E-state index is 0.475. The summed E-state index contributed by atoms with van der Waals surface area (Å²) < 4.78 is 1.80. The van der Waals surface area contributed by atoms with Crippen molar-refractivity contribution in [2.75, 3.05) is 18.0 Å². The van der Waals surface area contributed by atoms with Crippen LogP contribution in [0.25, 0.3) is 0 Å². The third-order valence-corrected chi connectivity index (χ3v) is 4.26. The molecule has 5 nitrogen and oxygen atoms in total. The highest BCUT2D eigenvalue weighted by molar-refractivity contribution is 6.28. The molecule has 0 amide bonds. The van der Waals surface area contributed by atoms with E-state index >= 15 is 0 Å². The molecule has 0 spiro atoms. The molecule has 3 rings (SSSR count). The minimum Gasteiger partial charge on any atom is -0.356 e. The summed E-state index contributed by atoms with van der Waals surface area (Å²) in [4.78, 5) is 6.72. The summed E-state index contributed by atoms with van der Waals surface area (Å²) >= 11 is 6.24. The fraction of sp³-hybridized carbons (Fsp3) is 0.294. The number of pyridine rings is 2. The van der Waals surface area contributed by atoms with Crippen LogP contribution in [0.5, 0.6) is 0 Å². The molecule has 114 valence electrons. The SMILES string of the molecule is N#Cc1cnc(N2CCCC2)c(C[n+]2cc(C#N)ccc2Cl)c1. The number of rotatable bonds is 3. The largest absolute Gasteiger partial charge is 0.356 e. The first-order valence-electron chi connectivity index (χ1n) is 7.44. The van der Waals surface area contributed by atoms with E-state index in [1.807, 2.05) is 6.07 Å². The number of nitriles is 2. The van der Waals surface area contributed by atoms with Crippen LogP contribution in [-0.2, 0) is 6.54 Å². The highest BCUT2D eigenvalue weighted by Crippen LogP contribution is 2.23. The zero-order valence-corrected chi connectivity index (χ0v) is 13.3. The summed E-state index contributed by atoms with van der Waals surface area (Å²) in [5.41, 5.74) is 2.01. The van der Waals surface area contributed by atoms with Gasteiger partial charge in [-0.05, 0) is 36.6 Å². The van der Waals surface area contributed by atoms with Crippen molar-refractivity contribution in [3.05, 3.63) is 52.4 Å². The molecule has 1 saturated heterocycles. The Morgan fingerprint density at radius 3 is 2.61 bits per heavy atom. The van der Waals surface area contributed by atoms with Crippen LogP contribution >= 0.6 is 11.6 Å². The molecule has 1 aliphatic heterocycles. The predicted octanol–water partition coefficient (Wildman–Crippen LogP) is 2.41. The molecule has 0 saturated carbocycles. The maximum Gasteiger partial charge on any atom is 0.275 e. The van der Waals surface area contributed by atoms with Gasteiger partial charge in [0.05, 0.1) is 11.1 Å². The van der Waals surface area contributed by atoms with Crippen LogP contribution in [0, 0.1) is 22.7 Å². The normalized spacial score (nSPS) is 13.6. The third kappa shape index (κ3) is 3.26. The van der Waals surface area contributed by atoms with Gasteiger partial charge in [-0.15, -0.1) is 0 Å². The molecule has 1 aliphatic rings. The third-order valence-electron chi connectivity index (χ3n) is 3.92. The predicted molar refractivity (Wildman–Crippen MR) is 85.9 cm³/mol. The van der Waals surface area contributed by atoms with Crippen LogP contribution in [0.4, 0.5) is 5.82 Å². The van der Waals surface area contributed by atoms with Crippen molar-refractivity contribution in [1.82, 2.24) is 4.98 Å². The van der Waals surface area contributed by atoms with E-state index in [1.165, 1.54) is 0 Å². The van der Waals surface area contributed by atoms with Gasteiger partial charge in [-0.3, -0.25) is 0 Å². The van der Waals surface area contributed by atoms with E-state index in [9.17, 15) is 0 Å². The first-order valence-corrected chi connectivity index (χ1v) is 7.82. The smallest absolute Gasteiger partial charge is 0.275 e. The van der Waals surface area contributed by atoms with Crippen LogP contribution in [0.2, 0.25) is 5.15 Å². The fourth-order valence-corrected chi connectivity index (χ4v) is 2.96. The van der Waals surface area contributed by atoms with Crippen molar-refractivity contribution in [3.63, 3.8) is 0 Å². The minimum atomic E-state index is 0.475. The van der Waals surface area contributed by atoms with E-state index in [4.69, 9.17) is 22.1 Å². The van der Waals surface area contributed by atoms with Gasteiger partial charge in [0.15, 0.2) is 12.7 Å². The van der Waals surface area contributed by atoms with Crippen molar-refractivity contribution < 1.29 is 4.57 Å². The second-order valence-corrected chi connectivity index (χ2v) is 5.88. The summed E-state index contributed by atoms with van der Waals surface area (Å²) in [6.45, 7) is 2.42. The van der Waals surface area contributed by atoms with Crippen molar-refractivity contribution in [3.8, 4) is 12.1 Å². The highest BCUT2D eigenvalue weighted by Gasteiger charge is 2.21. The monoisotopic (exact) mass is 324 g/mol. The molecule has 0 unspecified atom stereocenters. The summed E-state index contributed by atoms with van der Waals surface area (Å²) in [5, 5.41) is 18.7. The molecule has 0 aliphatic carbocycles. The van der Waals surface area contributed by atoms with Gasteiger partial charge in [0.25, 0.3) is 5.15 Å². The summed E-state index contributed by atoms with van der Waals surface area (Å²) in [7, 11) is 0. The molecule has 0 N–H and O–H groups in total. The van der Waals surface area contributed by atoms with Gasteiger partial charge in [-0.2, -0.15) is 15.1 Å². The second-order valence-electron chi connectivity index (χ2n) is 5.49. The molecule has 0 bridgehead atoms. The molecule has 0 atom stereocenters. The zero-order chi connectivity index (χ0) is 16.2. The Bertz CT molecular complexity index is 813. The van der Waals surface area contributed by atoms with E-state index in [-0.39, 0.29) is 0 Å². The van der Waals surface area contributed by atoms with Crippen LogP contribution in [0.1, 0.15) is 29.5 Å². The van der Waals surface area contributed by atoms with Gasteiger partial charge >= 0.3 is 0 Å². The van der Waals surface area contributed by atoms with Gasteiger partial charge in [0, 0.05) is 25.4 Å². The first-order chi connectivity index (χ1) is 11.2. The number of nitrogens with zero attached hydrogens (tertiary/aromatic N) is 5. The Balaban J connectivity index is 2.01. The van der Waals surface area contributed by atoms with Gasteiger partial charge in [0.2, 0.25) is 0 Å². The summed E-state index contributed by atoms with van der Waals surface area (Å²) in [6.07, 6.45) is 5.63. The van der Waals surface area contributed by atoms with Crippen LogP contribution in [0.15, 0.2) is 30.6 Å². The van der Waals surface area contributed by atoms with Crippen LogP contribution in [-0.4, -0.2) is 18.1 Å². The van der Waals surface area contributed by atoms with Crippen molar-refractivity contribution in [1.29, 1.82) is 10.5 Å². The van der Waals surface area contributed by atoms with E-state index in [1.54, 1.807) is 29.1 Å². The van der Waals surface area contributed by atoms with E-state index < -0.39 is 0 Å². The van der Waals surface area contributed by atoms with Gasteiger partial charge in [-0.1, -0.05) is 0 Å². The number of halogens is 1. The van der Waals surface area contributed by atoms with Crippen molar-refractivity contribution in [2.24, 2.45) is 0 Å². The number of hydrogen-bond donors (Lipinski definition) is 0. The number of aromatic nitrogens is 2. The lowest BCUT2D eigenvalue weighted by atomic mass is 10.1. The number of anilines is 1. The lowest BCUT2D eigenvalue weighted by molar-refractivity contribution is -0.686. The zero-order valence-electron chi connectivity index (χ0n) is 12.5. The Morgan fingerprint density at radius 2 is 1.91 bits per heavy atom. The lowest BCUT2D eigenvalue weighted by Gasteiger charge is -2.19. The van der Waals surface area contributed by atoms with E-state index in [0.29, 0.717) is 22.8 Å². The fourth-order valence-electron chi connectivity index (χ4n) is 2.79. The summed E-state index contributed by atoms with van der Waals surface area (Å²) in [6, 6.07) is 9.49. The molecule has 6 heteroatoms. The molecule has 1 fully saturated rings. The molecule has 0 aromatic carbocycles. The Labute approximate surface area is 140 Å². The first kappa shape index (κ1) is 15.3. The highest BCUT2D eigenvalue weighted by atomic mass is 35.5. The van der Waals surface area contributed by atoms with Crippen molar-refractivity contribution in [2.45, 2.75) is 19.4 Å². The van der Waals surface area contributed by atoms with Gasteiger partial charge in [-0.25, -0.2) is 4.98 Å². The van der Waals surface area contributed by atoms with Gasteiger partial charge in [0.1, 0.15) is 23.5 Å². The van der Waals surface area contributed by atoms with E-state index in [2.05, 4.69) is 22.0 Å².